The number of carbonyl (C=O) groups excluding carboxylic acids is 1. The van der Waals surface area contributed by atoms with E-state index in [2.05, 4.69) is 11.9 Å². The van der Waals surface area contributed by atoms with Crippen LogP contribution in [0.2, 0.25) is 5.02 Å². The predicted molar refractivity (Wildman–Crippen MR) is 129 cm³/mol. The maximum atomic E-state index is 13.4. The molecule has 1 atom stereocenters. The van der Waals surface area contributed by atoms with Gasteiger partial charge in [-0.3, -0.25) is 9.69 Å². The molecule has 1 aliphatic carbocycles. The van der Waals surface area contributed by atoms with Crippen LogP contribution < -0.4 is 4.74 Å². The minimum atomic E-state index is -0.149. The topological polar surface area (TPSA) is 45.1 Å². The van der Waals surface area contributed by atoms with Crippen LogP contribution in [0.15, 0.2) is 53.6 Å². The lowest BCUT2D eigenvalue weighted by Crippen LogP contribution is -2.41. The molecule has 0 bridgehead atoms. The molecule has 2 aliphatic rings. The lowest BCUT2D eigenvalue weighted by Gasteiger charge is -2.32. The Morgan fingerprint density at radius 1 is 1.12 bits per heavy atom. The number of hydrazone groups is 1. The Kier molecular flexibility index (Phi) is 7.48. The van der Waals surface area contributed by atoms with Gasteiger partial charge in [0.1, 0.15) is 5.75 Å². The molecule has 1 amide bonds. The molecular weight excluding hydrogens is 422 g/mol. The first kappa shape index (κ1) is 22.8. The number of amides is 1. The Morgan fingerprint density at radius 2 is 1.84 bits per heavy atom. The molecule has 1 aliphatic heterocycles. The first-order valence-corrected chi connectivity index (χ1v) is 12.0. The van der Waals surface area contributed by atoms with Crippen molar-refractivity contribution in [3.8, 4) is 5.75 Å². The van der Waals surface area contributed by atoms with E-state index in [9.17, 15) is 4.79 Å². The standard InChI is InChI=1S/C26H32ClN3O2/c1-3-32-21-15-13-19(14-16-21)25-17-24(22-11-7-8-12-23(22)27)28-30(25)26(31)18-29(2)20-9-5-4-6-10-20/h7-8,11-16,20,25H,3-6,9-10,17-18H2,1-2H3. The molecular formula is C26H32ClN3O2. The lowest BCUT2D eigenvalue weighted by atomic mass is 9.94. The zero-order valence-electron chi connectivity index (χ0n) is 19.0. The minimum Gasteiger partial charge on any atom is -0.494 e. The van der Waals surface area contributed by atoms with E-state index < -0.39 is 0 Å². The second kappa shape index (κ2) is 10.5. The highest BCUT2D eigenvalue weighted by atomic mass is 35.5. The van der Waals surface area contributed by atoms with Crippen LogP contribution in [0.1, 0.15) is 62.6 Å². The van der Waals surface area contributed by atoms with Crippen LogP contribution in [-0.2, 0) is 4.79 Å². The largest absolute Gasteiger partial charge is 0.494 e. The van der Waals surface area contributed by atoms with Gasteiger partial charge in [-0.25, -0.2) is 5.01 Å². The summed E-state index contributed by atoms with van der Waals surface area (Å²) in [5.74, 6) is 0.857. The molecule has 2 aromatic carbocycles. The number of hydrogen-bond donors (Lipinski definition) is 0. The quantitative estimate of drug-likeness (QED) is 0.541. The molecule has 2 aromatic rings. The van der Waals surface area contributed by atoms with Crippen LogP contribution >= 0.6 is 11.6 Å². The monoisotopic (exact) mass is 453 g/mol. The van der Waals surface area contributed by atoms with Gasteiger partial charge in [-0.1, -0.05) is 61.2 Å². The third-order valence-electron chi connectivity index (χ3n) is 6.51. The number of benzene rings is 2. The molecule has 1 heterocycles. The number of halogens is 1. The predicted octanol–water partition coefficient (Wildman–Crippen LogP) is 5.68. The summed E-state index contributed by atoms with van der Waals surface area (Å²) in [6, 6.07) is 16.0. The molecule has 32 heavy (non-hydrogen) atoms. The van der Waals surface area contributed by atoms with E-state index in [0.29, 0.717) is 30.6 Å². The molecule has 170 valence electrons. The third-order valence-corrected chi connectivity index (χ3v) is 6.84. The number of nitrogens with zero attached hydrogens (tertiary/aromatic N) is 3. The van der Waals surface area contributed by atoms with E-state index in [1.807, 2.05) is 55.5 Å². The lowest BCUT2D eigenvalue weighted by molar-refractivity contribution is -0.134. The van der Waals surface area contributed by atoms with Crippen LogP contribution in [-0.4, -0.2) is 47.8 Å². The van der Waals surface area contributed by atoms with Crippen molar-refractivity contribution in [2.75, 3.05) is 20.2 Å². The number of carbonyl (C=O) groups is 1. The van der Waals surface area contributed by atoms with Gasteiger partial charge in [-0.15, -0.1) is 0 Å². The highest BCUT2D eigenvalue weighted by molar-refractivity contribution is 6.34. The summed E-state index contributed by atoms with van der Waals surface area (Å²) in [6.07, 6.45) is 6.76. The molecule has 1 fully saturated rings. The molecule has 4 rings (SSSR count). The molecule has 6 heteroatoms. The fourth-order valence-corrected chi connectivity index (χ4v) is 4.99. The van der Waals surface area contributed by atoms with E-state index in [1.165, 1.54) is 32.1 Å². The Hall–Kier alpha value is -2.37. The summed E-state index contributed by atoms with van der Waals surface area (Å²) in [4.78, 5) is 15.6. The van der Waals surface area contributed by atoms with Crippen LogP contribution in [0, 0.1) is 0 Å². The van der Waals surface area contributed by atoms with Gasteiger partial charge in [0.05, 0.1) is 24.9 Å². The van der Waals surface area contributed by atoms with Crippen molar-refractivity contribution >= 4 is 23.2 Å². The summed E-state index contributed by atoms with van der Waals surface area (Å²) in [5, 5.41) is 7.12. The Labute approximate surface area is 196 Å². The fourth-order valence-electron chi connectivity index (χ4n) is 4.75. The van der Waals surface area contributed by atoms with Gasteiger partial charge in [-0.2, -0.15) is 5.10 Å². The summed E-state index contributed by atoms with van der Waals surface area (Å²) >= 11 is 6.46. The Balaban J connectivity index is 1.57. The highest BCUT2D eigenvalue weighted by Gasteiger charge is 2.34. The van der Waals surface area contributed by atoms with Crippen molar-refractivity contribution in [3.05, 3.63) is 64.7 Å². The van der Waals surface area contributed by atoms with Crippen LogP contribution in [0.3, 0.4) is 0 Å². The number of hydrogen-bond acceptors (Lipinski definition) is 4. The second-order valence-electron chi connectivity index (χ2n) is 8.69. The first-order valence-electron chi connectivity index (χ1n) is 11.6. The molecule has 1 unspecified atom stereocenters. The fraction of sp³-hybridized carbons (Fsp3) is 0.462. The van der Waals surface area contributed by atoms with Gasteiger partial charge in [-0.05, 0) is 50.6 Å². The van der Waals surface area contributed by atoms with Crippen LogP contribution in [0.4, 0.5) is 0 Å². The van der Waals surface area contributed by atoms with E-state index in [4.69, 9.17) is 21.4 Å². The average Bonchev–Trinajstić information content (AvgIpc) is 3.26. The Morgan fingerprint density at radius 3 is 2.53 bits per heavy atom. The summed E-state index contributed by atoms with van der Waals surface area (Å²) in [7, 11) is 2.06. The third kappa shape index (κ3) is 5.16. The maximum Gasteiger partial charge on any atom is 0.257 e. The average molecular weight is 454 g/mol. The maximum absolute atomic E-state index is 13.4. The molecule has 1 saturated carbocycles. The van der Waals surface area contributed by atoms with Crippen molar-refractivity contribution in [3.63, 3.8) is 0 Å². The van der Waals surface area contributed by atoms with Crippen molar-refractivity contribution in [2.45, 2.75) is 57.5 Å². The number of likely N-dealkylation sites (N-methyl/N-ethyl adjacent to an activating group) is 1. The molecule has 0 radical (unpaired) electrons. The van der Waals surface area contributed by atoms with Gasteiger partial charge in [0.25, 0.3) is 5.91 Å². The van der Waals surface area contributed by atoms with Gasteiger partial charge in [0, 0.05) is 23.0 Å². The van der Waals surface area contributed by atoms with Crippen molar-refractivity contribution in [2.24, 2.45) is 5.10 Å². The highest BCUT2D eigenvalue weighted by Crippen LogP contribution is 2.35. The zero-order chi connectivity index (χ0) is 22.5. The van der Waals surface area contributed by atoms with Crippen LogP contribution in [0.25, 0.3) is 0 Å². The summed E-state index contributed by atoms with van der Waals surface area (Å²) in [6.45, 7) is 2.97. The van der Waals surface area contributed by atoms with Gasteiger partial charge >= 0.3 is 0 Å². The van der Waals surface area contributed by atoms with Gasteiger partial charge in [0.2, 0.25) is 0 Å². The normalized spacial score (nSPS) is 19.3. The SMILES string of the molecule is CCOc1ccc(C2CC(c3ccccc3Cl)=NN2C(=O)CN(C)C2CCCCC2)cc1. The molecule has 5 nitrogen and oxygen atoms in total. The number of ether oxygens (including phenoxy) is 1. The second-order valence-corrected chi connectivity index (χ2v) is 9.10. The zero-order valence-corrected chi connectivity index (χ0v) is 19.7. The summed E-state index contributed by atoms with van der Waals surface area (Å²) < 4.78 is 5.59. The van der Waals surface area contributed by atoms with Crippen LogP contribution in [0.5, 0.6) is 5.75 Å². The Bertz CT molecular complexity index is 954. The smallest absolute Gasteiger partial charge is 0.257 e. The minimum absolute atomic E-state index is 0.0269. The van der Waals surface area contributed by atoms with E-state index in [1.54, 1.807) is 5.01 Å². The van der Waals surface area contributed by atoms with Gasteiger partial charge < -0.3 is 4.74 Å². The molecule has 0 saturated heterocycles. The van der Waals surface area contributed by atoms with Gasteiger partial charge in [0.15, 0.2) is 0 Å². The summed E-state index contributed by atoms with van der Waals surface area (Å²) in [5.41, 5.74) is 2.79. The van der Waals surface area contributed by atoms with Crippen molar-refractivity contribution in [1.82, 2.24) is 9.91 Å². The molecule has 0 aromatic heterocycles. The van der Waals surface area contributed by atoms with Crippen molar-refractivity contribution in [1.29, 1.82) is 0 Å². The molecule has 0 spiro atoms. The van der Waals surface area contributed by atoms with E-state index >= 15 is 0 Å². The first-order chi connectivity index (χ1) is 15.6. The number of rotatable bonds is 7. The molecule has 0 N–H and O–H groups in total. The van der Waals surface area contributed by atoms with E-state index in [-0.39, 0.29) is 11.9 Å². The van der Waals surface area contributed by atoms with Crippen molar-refractivity contribution < 1.29 is 9.53 Å². The van der Waals surface area contributed by atoms with E-state index in [0.717, 1.165) is 22.6 Å².